The molecule has 1 unspecified atom stereocenters. The predicted molar refractivity (Wildman–Crippen MR) is 54.3 cm³/mol. The summed E-state index contributed by atoms with van der Waals surface area (Å²) in [6.45, 7) is 4.76. The van der Waals surface area contributed by atoms with Gasteiger partial charge in [-0.1, -0.05) is 0 Å². The molecule has 0 spiro atoms. The molecule has 0 aliphatic heterocycles. The minimum absolute atomic E-state index is 0.0204. The summed E-state index contributed by atoms with van der Waals surface area (Å²) in [5.74, 6) is 0. The zero-order valence-electron chi connectivity index (χ0n) is 9.12. The van der Waals surface area contributed by atoms with E-state index in [1.165, 1.54) is 0 Å². The third-order valence-electron chi connectivity index (χ3n) is 2.09. The first-order valence-electron chi connectivity index (χ1n) is 4.69. The standard InChI is InChI=1S/C9H17ClF3NO/c1-7(10)8(2,3)14-4-5-15-6-9(11,12)13/h7,14H,4-6H2,1-3H3. The molecule has 0 fully saturated rings. The van der Waals surface area contributed by atoms with Gasteiger partial charge in [-0.3, -0.25) is 0 Å². The molecular formula is C9H17ClF3NO. The Balaban J connectivity index is 3.55. The van der Waals surface area contributed by atoms with Crippen molar-refractivity contribution in [3.63, 3.8) is 0 Å². The van der Waals surface area contributed by atoms with Gasteiger partial charge in [-0.25, -0.2) is 0 Å². The first-order valence-corrected chi connectivity index (χ1v) is 5.12. The Morgan fingerprint density at radius 1 is 1.33 bits per heavy atom. The Labute approximate surface area is 93.1 Å². The van der Waals surface area contributed by atoms with Crippen molar-refractivity contribution in [2.75, 3.05) is 19.8 Å². The summed E-state index contributed by atoms with van der Waals surface area (Å²) in [5.41, 5.74) is -0.316. The van der Waals surface area contributed by atoms with Gasteiger partial charge in [-0.05, 0) is 20.8 Å². The number of halogens is 4. The molecule has 0 saturated carbocycles. The van der Waals surface area contributed by atoms with Crippen LogP contribution in [0, 0.1) is 0 Å². The summed E-state index contributed by atoms with van der Waals surface area (Å²) >= 11 is 5.87. The van der Waals surface area contributed by atoms with Crippen LogP contribution < -0.4 is 5.32 Å². The highest BCUT2D eigenvalue weighted by Crippen LogP contribution is 2.15. The van der Waals surface area contributed by atoms with Crippen LogP contribution in [0.4, 0.5) is 13.2 Å². The third kappa shape index (κ3) is 7.88. The van der Waals surface area contributed by atoms with Gasteiger partial charge >= 0.3 is 6.18 Å². The number of alkyl halides is 4. The summed E-state index contributed by atoms with van der Waals surface area (Å²) in [4.78, 5) is 0. The molecule has 15 heavy (non-hydrogen) atoms. The summed E-state index contributed by atoms with van der Waals surface area (Å²) in [6.07, 6.45) is -4.25. The maximum absolute atomic E-state index is 11.7. The molecule has 6 heteroatoms. The second-order valence-corrected chi connectivity index (χ2v) is 4.59. The van der Waals surface area contributed by atoms with Gasteiger partial charge in [0.15, 0.2) is 0 Å². The van der Waals surface area contributed by atoms with Gasteiger partial charge in [-0.2, -0.15) is 13.2 Å². The highest BCUT2D eigenvalue weighted by Gasteiger charge is 2.27. The Bertz CT molecular complexity index is 183. The van der Waals surface area contributed by atoms with Gasteiger partial charge in [0.25, 0.3) is 0 Å². The van der Waals surface area contributed by atoms with Crippen LogP contribution in [-0.2, 0) is 4.74 Å². The van der Waals surface area contributed by atoms with Gasteiger partial charge < -0.3 is 10.1 Å². The Morgan fingerprint density at radius 2 is 1.87 bits per heavy atom. The van der Waals surface area contributed by atoms with E-state index in [0.717, 1.165) is 0 Å². The molecule has 92 valence electrons. The van der Waals surface area contributed by atoms with Crippen LogP contribution in [0.3, 0.4) is 0 Å². The molecule has 0 radical (unpaired) electrons. The molecule has 0 bridgehead atoms. The van der Waals surface area contributed by atoms with E-state index < -0.39 is 12.8 Å². The summed E-state index contributed by atoms with van der Waals surface area (Å²) in [5, 5.41) is 2.91. The zero-order chi connectivity index (χ0) is 12.1. The van der Waals surface area contributed by atoms with Gasteiger partial charge in [0.2, 0.25) is 0 Å². The molecule has 0 aromatic rings. The van der Waals surface area contributed by atoms with E-state index in [-0.39, 0.29) is 17.5 Å². The van der Waals surface area contributed by atoms with Gasteiger partial charge in [0.05, 0.1) is 6.61 Å². The lowest BCUT2D eigenvalue weighted by molar-refractivity contribution is -0.173. The smallest absolute Gasteiger partial charge is 0.371 e. The Morgan fingerprint density at radius 3 is 2.27 bits per heavy atom. The molecule has 0 aliphatic rings. The topological polar surface area (TPSA) is 21.3 Å². The zero-order valence-corrected chi connectivity index (χ0v) is 9.87. The highest BCUT2D eigenvalue weighted by atomic mass is 35.5. The van der Waals surface area contributed by atoms with Gasteiger partial charge in [0.1, 0.15) is 6.61 Å². The molecule has 2 nitrogen and oxygen atoms in total. The van der Waals surface area contributed by atoms with Crippen LogP contribution in [-0.4, -0.2) is 36.9 Å². The van der Waals surface area contributed by atoms with E-state index in [2.05, 4.69) is 10.1 Å². The van der Waals surface area contributed by atoms with Gasteiger partial charge in [-0.15, -0.1) is 11.6 Å². The minimum Gasteiger partial charge on any atom is -0.371 e. The number of nitrogens with one attached hydrogen (secondary N) is 1. The molecule has 1 N–H and O–H groups in total. The van der Waals surface area contributed by atoms with Crippen molar-refractivity contribution in [2.45, 2.75) is 37.9 Å². The minimum atomic E-state index is -4.25. The Kier molecular flexibility index (Phi) is 5.92. The molecule has 0 rings (SSSR count). The molecule has 0 aromatic heterocycles. The number of hydrogen-bond acceptors (Lipinski definition) is 2. The van der Waals surface area contributed by atoms with Crippen molar-refractivity contribution in [2.24, 2.45) is 0 Å². The van der Waals surface area contributed by atoms with E-state index in [1.54, 1.807) is 0 Å². The second kappa shape index (κ2) is 5.92. The highest BCUT2D eigenvalue weighted by molar-refractivity contribution is 6.21. The van der Waals surface area contributed by atoms with Crippen LogP contribution in [0.5, 0.6) is 0 Å². The lowest BCUT2D eigenvalue weighted by Gasteiger charge is -2.29. The van der Waals surface area contributed by atoms with Crippen molar-refractivity contribution in [3.05, 3.63) is 0 Å². The van der Waals surface area contributed by atoms with E-state index >= 15 is 0 Å². The van der Waals surface area contributed by atoms with E-state index in [4.69, 9.17) is 11.6 Å². The lowest BCUT2D eigenvalue weighted by Crippen LogP contribution is -2.47. The van der Waals surface area contributed by atoms with Crippen LogP contribution in [0.2, 0.25) is 0 Å². The largest absolute Gasteiger partial charge is 0.411 e. The van der Waals surface area contributed by atoms with E-state index in [0.29, 0.717) is 6.54 Å². The molecule has 0 saturated heterocycles. The van der Waals surface area contributed by atoms with Crippen LogP contribution >= 0.6 is 11.6 Å². The molecular weight excluding hydrogens is 231 g/mol. The molecule has 0 aromatic carbocycles. The summed E-state index contributed by atoms with van der Waals surface area (Å²) < 4.78 is 39.5. The average Bonchev–Trinajstić information content (AvgIpc) is 2.00. The molecule has 0 amide bonds. The maximum Gasteiger partial charge on any atom is 0.411 e. The second-order valence-electron chi connectivity index (χ2n) is 3.93. The predicted octanol–water partition coefficient (Wildman–Crippen LogP) is 2.56. The van der Waals surface area contributed by atoms with Crippen molar-refractivity contribution >= 4 is 11.6 Å². The fraction of sp³-hybridized carbons (Fsp3) is 1.00. The van der Waals surface area contributed by atoms with Crippen molar-refractivity contribution in [1.29, 1.82) is 0 Å². The molecule has 0 aliphatic carbocycles. The first-order chi connectivity index (χ1) is 6.65. The average molecular weight is 248 g/mol. The van der Waals surface area contributed by atoms with Crippen LogP contribution in [0.15, 0.2) is 0 Å². The third-order valence-corrected chi connectivity index (χ3v) is 2.63. The SMILES string of the molecule is CC(Cl)C(C)(C)NCCOCC(F)(F)F. The fourth-order valence-electron chi connectivity index (χ4n) is 0.774. The number of hydrogen-bond donors (Lipinski definition) is 1. The van der Waals surface area contributed by atoms with Crippen molar-refractivity contribution in [3.8, 4) is 0 Å². The van der Waals surface area contributed by atoms with Crippen LogP contribution in [0.1, 0.15) is 20.8 Å². The lowest BCUT2D eigenvalue weighted by atomic mass is 10.0. The maximum atomic E-state index is 11.7. The van der Waals surface area contributed by atoms with Crippen molar-refractivity contribution in [1.82, 2.24) is 5.32 Å². The van der Waals surface area contributed by atoms with E-state index in [1.807, 2.05) is 20.8 Å². The quantitative estimate of drug-likeness (QED) is 0.575. The summed E-state index contributed by atoms with van der Waals surface area (Å²) in [6, 6.07) is 0. The van der Waals surface area contributed by atoms with E-state index in [9.17, 15) is 13.2 Å². The number of ether oxygens (including phenoxy) is 1. The molecule has 1 atom stereocenters. The molecule has 0 heterocycles. The first kappa shape index (κ1) is 15.0. The fourth-order valence-corrected chi connectivity index (χ4v) is 0.851. The monoisotopic (exact) mass is 247 g/mol. The number of rotatable bonds is 6. The van der Waals surface area contributed by atoms with Crippen molar-refractivity contribution < 1.29 is 17.9 Å². The Hall–Kier alpha value is -0.0000000000000000555. The normalized spacial score (nSPS) is 15.4. The summed E-state index contributed by atoms with van der Waals surface area (Å²) in [7, 11) is 0. The van der Waals surface area contributed by atoms with Crippen LogP contribution in [0.25, 0.3) is 0 Å². The van der Waals surface area contributed by atoms with Gasteiger partial charge in [0, 0.05) is 17.5 Å².